The van der Waals surface area contributed by atoms with Crippen LogP contribution in [0.3, 0.4) is 0 Å². The summed E-state index contributed by atoms with van der Waals surface area (Å²) in [5, 5.41) is 0. The van der Waals surface area contributed by atoms with Crippen molar-refractivity contribution < 1.29 is 0 Å². The summed E-state index contributed by atoms with van der Waals surface area (Å²) >= 11 is 0. The van der Waals surface area contributed by atoms with E-state index in [0.29, 0.717) is 11.8 Å². The van der Waals surface area contributed by atoms with Gasteiger partial charge in [0, 0.05) is 27.8 Å². The van der Waals surface area contributed by atoms with Crippen LogP contribution in [0.25, 0.3) is 33.4 Å². The quantitative estimate of drug-likeness (QED) is 0.173. The fourth-order valence-corrected chi connectivity index (χ4v) is 12.9. The number of fused-ring (bicyclic) bond motifs is 13. The first kappa shape index (κ1) is 32.5. The molecule has 268 valence electrons. The van der Waals surface area contributed by atoms with Crippen LogP contribution < -0.4 is 4.90 Å². The minimum absolute atomic E-state index is 0.0719. The molecule has 0 N–H and O–H groups in total. The SMILES string of the molecule is CCC1CC2CCCC(C2)C12c1ccccc1-c1ccc(N(c3ccc4c(c3)-c3ccccc3C43CCCCC3)c3ccccc3-c3ccccc3)cc12. The highest BCUT2D eigenvalue weighted by atomic mass is 15.1. The monoisotopic (exact) mass is 701 g/mol. The number of nitrogens with zero attached hydrogens (tertiary/aromatic N) is 1. The molecule has 0 radical (unpaired) electrons. The predicted molar refractivity (Wildman–Crippen MR) is 226 cm³/mol. The van der Waals surface area contributed by atoms with Gasteiger partial charge in [0.15, 0.2) is 0 Å². The lowest BCUT2D eigenvalue weighted by Crippen LogP contribution is -2.48. The third-order valence-corrected chi connectivity index (χ3v) is 15.0. The molecular weight excluding hydrogens is 651 g/mol. The van der Waals surface area contributed by atoms with Gasteiger partial charge in [-0.2, -0.15) is 0 Å². The summed E-state index contributed by atoms with van der Waals surface area (Å²) in [6, 6.07) is 54.1. The van der Waals surface area contributed by atoms with Crippen molar-refractivity contribution in [3.05, 3.63) is 162 Å². The van der Waals surface area contributed by atoms with Gasteiger partial charge in [-0.25, -0.2) is 0 Å². The molecule has 3 fully saturated rings. The second kappa shape index (κ2) is 12.6. The highest BCUT2D eigenvalue weighted by Gasteiger charge is 2.56. The Morgan fingerprint density at radius 1 is 0.519 bits per heavy atom. The molecule has 5 aliphatic rings. The first-order valence-corrected chi connectivity index (χ1v) is 21.1. The second-order valence-corrected chi connectivity index (χ2v) is 17.4. The Morgan fingerprint density at radius 2 is 1.17 bits per heavy atom. The maximum Gasteiger partial charge on any atom is 0.0540 e. The van der Waals surface area contributed by atoms with Crippen molar-refractivity contribution in [1.29, 1.82) is 0 Å². The lowest BCUT2D eigenvalue weighted by atomic mass is 9.50. The van der Waals surface area contributed by atoms with Gasteiger partial charge in [-0.1, -0.05) is 155 Å². The van der Waals surface area contributed by atoms with E-state index in [1.165, 1.54) is 121 Å². The first-order valence-electron chi connectivity index (χ1n) is 21.1. The number of para-hydroxylation sites is 1. The van der Waals surface area contributed by atoms with Crippen LogP contribution in [0, 0.1) is 17.8 Å². The van der Waals surface area contributed by atoms with Gasteiger partial charge in [0.1, 0.15) is 0 Å². The molecule has 0 saturated heterocycles. The standard InChI is InChI=1S/C53H51N/c1-2-38-32-36-16-15-19-39(33-36)53(38)49-24-11-8-21-43(49)45-28-26-41(35-50(45)53)54(51-25-12-9-20-42(51)37-17-5-3-6-18-37)40-27-29-48-46(34-40)44-22-7-10-23-47(44)52(48)30-13-4-14-31-52/h3,5-12,17-18,20-29,34-36,38-39H,2,4,13-16,19,30-33H2,1H3. The van der Waals surface area contributed by atoms with Gasteiger partial charge in [-0.05, 0) is 130 Å². The summed E-state index contributed by atoms with van der Waals surface area (Å²) in [5.74, 6) is 2.24. The van der Waals surface area contributed by atoms with E-state index in [1.807, 2.05) is 0 Å². The van der Waals surface area contributed by atoms with Crippen LogP contribution in [0.5, 0.6) is 0 Å². The molecule has 2 bridgehead atoms. The van der Waals surface area contributed by atoms with Crippen LogP contribution in [-0.4, -0.2) is 0 Å². The first-order chi connectivity index (χ1) is 26.7. The Labute approximate surface area is 322 Å². The van der Waals surface area contributed by atoms with Gasteiger partial charge in [-0.15, -0.1) is 0 Å². The average molecular weight is 702 g/mol. The molecule has 11 rings (SSSR count). The van der Waals surface area contributed by atoms with Gasteiger partial charge in [0.05, 0.1) is 5.69 Å². The molecule has 1 heteroatoms. The number of hydrogen-bond acceptors (Lipinski definition) is 1. The molecule has 3 saturated carbocycles. The van der Waals surface area contributed by atoms with Gasteiger partial charge in [0.25, 0.3) is 0 Å². The topological polar surface area (TPSA) is 3.24 Å². The molecule has 4 unspecified atom stereocenters. The van der Waals surface area contributed by atoms with E-state index in [0.717, 1.165) is 5.92 Å². The molecule has 2 spiro atoms. The fourth-order valence-electron chi connectivity index (χ4n) is 12.9. The molecule has 4 atom stereocenters. The van der Waals surface area contributed by atoms with Crippen molar-refractivity contribution in [2.45, 2.75) is 88.4 Å². The highest BCUT2D eigenvalue weighted by Crippen LogP contribution is 2.65. The van der Waals surface area contributed by atoms with Crippen LogP contribution in [0.4, 0.5) is 17.1 Å². The van der Waals surface area contributed by atoms with Crippen molar-refractivity contribution in [2.24, 2.45) is 17.8 Å². The molecule has 0 heterocycles. The zero-order valence-electron chi connectivity index (χ0n) is 31.7. The van der Waals surface area contributed by atoms with E-state index in [2.05, 4.69) is 151 Å². The molecule has 0 aromatic heterocycles. The molecule has 5 aliphatic carbocycles. The van der Waals surface area contributed by atoms with Crippen molar-refractivity contribution >= 4 is 17.1 Å². The smallest absolute Gasteiger partial charge is 0.0540 e. The summed E-state index contributed by atoms with van der Waals surface area (Å²) in [6.07, 6.45) is 14.6. The van der Waals surface area contributed by atoms with Gasteiger partial charge in [-0.3, -0.25) is 0 Å². The summed E-state index contributed by atoms with van der Waals surface area (Å²) in [4.78, 5) is 2.61. The summed E-state index contributed by atoms with van der Waals surface area (Å²) < 4.78 is 0. The Morgan fingerprint density at radius 3 is 1.98 bits per heavy atom. The fraction of sp³-hybridized carbons (Fsp3) is 0.321. The zero-order chi connectivity index (χ0) is 35.9. The lowest BCUT2D eigenvalue weighted by Gasteiger charge is -2.54. The lowest BCUT2D eigenvalue weighted by molar-refractivity contribution is 0.0557. The van der Waals surface area contributed by atoms with E-state index in [1.54, 1.807) is 22.3 Å². The van der Waals surface area contributed by atoms with Crippen molar-refractivity contribution in [1.82, 2.24) is 0 Å². The molecule has 0 amide bonds. The number of anilines is 3. The van der Waals surface area contributed by atoms with E-state index in [4.69, 9.17) is 0 Å². The maximum absolute atomic E-state index is 2.67. The van der Waals surface area contributed by atoms with Crippen LogP contribution in [0.2, 0.25) is 0 Å². The van der Waals surface area contributed by atoms with E-state index < -0.39 is 0 Å². The van der Waals surface area contributed by atoms with Crippen LogP contribution in [0.1, 0.15) is 99.8 Å². The average Bonchev–Trinajstić information content (AvgIpc) is 3.67. The summed E-state index contributed by atoms with van der Waals surface area (Å²) in [6.45, 7) is 2.47. The second-order valence-electron chi connectivity index (χ2n) is 17.4. The van der Waals surface area contributed by atoms with Gasteiger partial charge in [0.2, 0.25) is 0 Å². The van der Waals surface area contributed by atoms with Gasteiger partial charge >= 0.3 is 0 Å². The maximum atomic E-state index is 2.67. The molecule has 6 aromatic carbocycles. The molecule has 0 aliphatic heterocycles. The Balaban J connectivity index is 1.15. The zero-order valence-corrected chi connectivity index (χ0v) is 31.7. The Bertz CT molecular complexity index is 2380. The number of hydrogen-bond donors (Lipinski definition) is 0. The third-order valence-electron chi connectivity index (χ3n) is 15.0. The molecule has 1 nitrogen and oxygen atoms in total. The predicted octanol–water partition coefficient (Wildman–Crippen LogP) is 14.6. The largest absolute Gasteiger partial charge is 0.310 e. The minimum Gasteiger partial charge on any atom is -0.310 e. The van der Waals surface area contributed by atoms with Crippen molar-refractivity contribution in [2.75, 3.05) is 4.90 Å². The van der Waals surface area contributed by atoms with E-state index >= 15 is 0 Å². The molecule has 54 heavy (non-hydrogen) atoms. The van der Waals surface area contributed by atoms with E-state index in [-0.39, 0.29) is 10.8 Å². The van der Waals surface area contributed by atoms with Crippen LogP contribution in [0.15, 0.2) is 140 Å². The van der Waals surface area contributed by atoms with Crippen LogP contribution >= 0.6 is 0 Å². The van der Waals surface area contributed by atoms with Crippen molar-refractivity contribution in [3.63, 3.8) is 0 Å². The molecular formula is C53H51N. The number of rotatable bonds is 5. The van der Waals surface area contributed by atoms with E-state index in [9.17, 15) is 0 Å². The Hall–Kier alpha value is -4.88. The molecule has 6 aromatic rings. The minimum atomic E-state index is 0.0719. The number of benzene rings is 6. The van der Waals surface area contributed by atoms with Crippen molar-refractivity contribution in [3.8, 4) is 33.4 Å². The normalized spacial score (nSPS) is 24.1. The highest BCUT2D eigenvalue weighted by molar-refractivity contribution is 5.93. The third kappa shape index (κ3) is 4.57. The Kier molecular flexibility index (Phi) is 7.59. The van der Waals surface area contributed by atoms with Crippen LogP contribution in [-0.2, 0) is 10.8 Å². The van der Waals surface area contributed by atoms with Gasteiger partial charge < -0.3 is 4.90 Å². The summed E-state index contributed by atoms with van der Waals surface area (Å²) in [5.41, 5.74) is 18.6. The summed E-state index contributed by atoms with van der Waals surface area (Å²) in [7, 11) is 0.